The van der Waals surface area contributed by atoms with Gasteiger partial charge in [-0.25, -0.2) is 0 Å². The number of hydrogen-bond donors (Lipinski definition) is 2. The van der Waals surface area contributed by atoms with Gasteiger partial charge in [0.1, 0.15) is 0 Å². The molecule has 0 bridgehead atoms. The SMILES string of the molecule is O=C([O-])c1ccc(C(=O)[O-])c2c(C(=O)NC3CCCC3)ccc(C(=O)NC3CCCC3)c12. The van der Waals surface area contributed by atoms with Gasteiger partial charge < -0.3 is 30.4 Å². The Labute approximate surface area is 185 Å². The first-order chi connectivity index (χ1) is 15.4. The topological polar surface area (TPSA) is 138 Å². The molecule has 2 aromatic carbocycles. The fourth-order valence-corrected chi connectivity index (χ4v) is 4.88. The number of carbonyl (C=O) groups is 4. The van der Waals surface area contributed by atoms with Crippen LogP contribution in [0.2, 0.25) is 0 Å². The van der Waals surface area contributed by atoms with Crippen molar-refractivity contribution in [3.8, 4) is 0 Å². The van der Waals surface area contributed by atoms with E-state index >= 15 is 0 Å². The van der Waals surface area contributed by atoms with Crippen molar-refractivity contribution in [3.63, 3.8) is 0 Å². The number of rotatable bonds is 6. The number of fused-ring (bicyclic) bond motifs is 1. The molecule has 0 spiro atoms. The van der Waals surface area contributed by atoms with Crippen LogP contribution in [0.1, 0.15) is 92.8 Å². The summed E-state index contributed by atoms with van der Waals surface area (Å²) in [5.41, 5.74) is -0.715. The van der Waals surface area contributed by atoms with Crippen molar-refractivity contribution in [2.75, 3.05) is 0 Å². The number of carbonyl (C=O) groups excluding carboxylic acids is 4. The van der Waals surface area contributed by atoms with Gasteiger partial charge in [0.25, 0.3) is 11.8 Å². The first-order valence-corrected chi connectivity index (χ1v) is 11.0. The molecule has 168 valence electrons. The van der Waals surface area contributed by atoms with E-state index in [1.807, 2.05) is 0 Å². The standard InChI is InChI=1S/C24H26N2O6/c27-21(25-13-5-1-2-6-13)15-9-10-16(22(28)26-14-7-3-4-8-14)20-18(24(31)32)12-11-17(19(15)20)23(29)30/h9-14H,1-8H2,(H,25,27)(H,26,28)(H,29,30)(H,31,32)/p-2. The maximum atomic E-state index is 13.0. The number of amides is 2. The average Bonchev–Trinajstić information content (AvgIpc) is 3.46. The van der Waals surface area contributed by atoms with Crippen LogP contribution in [0, 0.1) is 0 Å². The van der Waals surface area contributed by atoms with Gasteiger partial charge in [0.15, 0.2) is 0 Å². The molecule has 8 nitrogen and oxygen atoms in total. The van der Waals surface area contributed by atoms with Gasteiger partial charge in [-0.05, 0) is 37.8 Å². The quantitative estimate of drug-likeness (QED) is 0.690. The van der Waals surface area contributed by atoms with Crippen molar-refractivity contribution in [2.24, 2.45) is 0 Å². The van der Waals surface area contributed by atoms with E-state index in [1.165, 1.54) is 12.1 Å². The third-order valence-electron chi connectivity index (χ3n) is 6.47. The zero-order chi connectivity index (χ0) is 22.8. The Kier molecular flexibility index (Phi) is 6.12. The molecule has 0 aromatic heterocycles. The monoisotopic (exact) mass is 436 g/mol. The number of nitrogens with one attached hydrogen (secondary N) is 2. The summed E-state index contributed by atoms with van der Waals surface area (Å²) in [4.78, 5) is 49.8. The summed E-state index contributed by atoms with van der Waals surface area (Å²) >= 11 is 0. The van der Waals surface area contributed by atoms with Crippen molar-refractivity contribution in [1.82, 2.24) is 10.6 Å². The summed E-state index contributed by atoms with van der Waals surface area (Å²) < 4.78 is 0. The minimum absolute atomic E-state index is 0.00776. The largest absolute Gasteiger partial charge is 0.545 e. The highest BCUT2D eigenvalue weighted by molar-refractivity contribution is 6.23. The van der Waals surface area contributed by atoms with Gasteiger partial charge in [0, 0.05) is 45.1 Å². The molecule has 0 radical (unpaired) electrons. The molecule has 4 rings (SSSR count). The Morgan fingerprint density at radius 1 is 0.594 bits per heavy atom. The molecule has 2 saturated carbocycles. The molecule has 0 atom stereocenters. The minimum Gasteiger partial charge on any atom is -0.545 e. The Bertz CT molecular complexity index is 1010. The molecule has 2 aromatic rings. The highest BCUT2D eigenvalue weighted by atomic mass is 16.4. The second-order valence-corrected chi connectivity index (χ2v) is 8.56. The zero-order valence-corrected chi connectivity index (χ0v) is 17.6. The molecular weight excluding hydrogens is 412 g/mol. The lowest BCUT2D eigenvalue weighted by atomic mass is 9.90. The van der Waals surface area contributed by atoms with Crippen LogP contribution in [-0.2, 0) is 0 Å². The molecule has 32 heavy (non-hydrogen) atoms. The Morgan fingerprint density at radius 3 is 1.22 bits per heavy atom. The zero-order valence-electron chi connectivity index (χ0n) is 17.6. The smallest absolute Gasteiger partial charge is 0.252 e. The van der Waals surface area contributed by atoms with Gasteiger partial charge in [0.05, 0.1) is 11.9 Å². The Hall–Kier alpha value is -3.42. The molecule has 2 fully saturated rings. The molecule has 2 amide bonds. The predicted molar refractivity (Wildman–Crippen MR) is 112 cm³/mol. The first kappa shape index (κ1) is 21.8. The fraction of sp³-hybridized carbons (Fsp3) is 0.417. The van der Waals surface area contributed by atoms with Crippen LogP contribution in [0.5, 0.6) is 0 Å². The minimum atomic E-state index is -1.57. The summed E-state index contributed by atoms with van der Waals surface area (Å²) in [5.74, 6) is -4.16. The number of aromatic carboxylic acids is 2. The second kappa shape index (κ2) is 8.98. The van der Waals surface area contributed by atoms with Crippen molar-refractivity contribution >= 4 is 34.5 Å². The molecule has 2 aliphatic rings. The van der Waals surface area contributed by atoms with Crippen molar-refractivity contribution in [2.45, 2.75) is 63.5 Å². The first-order valence-electron chi connectivity index (χ1n) is 11.0. The van der Waals surface area contributed by atoms with E-state index in [2.05, 4.69) is 10.6 Å². The van der Waals surface area contributed by atoms with Gasteiger partial charge in [-0.1, -0.05) is 37.8 Å². The van der Waals surface area contributed by atoms with Crippen LogP contribution >= 0.6 is 0 Å². The van der Waals surface area contributed by atoms with Crippen molar-refractivity contribution < 1.29 is 29.4 Å². The van der Waals surface area contributed by atoms with Gasteiger partial charge >= 0.3 is 0 Å². The molecule has 0 aliphatic heterocycles. The predicted octanol–water partition coefficient (Wildman–Crippen LogP) is 0.912. The summed E-state index contributed by atoms with van der Waals surface area (Å²) in [6.45, 7) is 0. The molecule has 0 heterocycles. The fourth-order valence-electron chi connectivity index (χ4n) is 4.88. The third-order valence-corrected chi connectivity index (χ3v) is 6.47. The number of hydrogen-bond acceptors (Lipinski definition) is 6. The van der Waals surface area contributed by atoms with E-state index in [0.717, 1.165) is 63.5 Å². The van der Waals surface area contributed by atoms with Crippen LogP contribution in [0.4, 0.5) is 0 Å². The second-order valence-electron chi connectivity index (χ2n) is 8.56. The van der Waals surface area contributed by atoms with Crippen molar-refractivity contribution in [3.05, 3.63) is 46.5 Å². The van der Waals surface area contributed by atoms with Gasteiger partial charge in [-0.3, -0.25) is 9.59 Å². The maximum Gasteiger partial charge on any atom is 0.252 e. The molecule has 0 unspecified atom stereocenters. The summed E-state index contributed by atoms with van der Waals surface area (Å²) in [6.07, 6.45) is 7.26. The van der Waals surface area contributed by atoms with Gasteiger partial charge in [-0.2, -0.15) is 0 Å². The lowest BCUT2D eigenvalue weighted by Gasteiger charge is -2.21. The molecule has 2 N–H and O–H groups in total. The number of carboxylic acid groups (broad SMARTS) is 2. The maximum absolute atomic E-state index is 13.0. The average molecular weight is 436 g/mol. The summed E-state index contributed by atoms with van der Waals surface area (Å²) in [6, 6.07) is 4.85. The number of carboxylic acids is 2. The third kappa shape index (κ3) is 4.17. The van der Waals surface area contributed by atoms with E-state index in [0.29, 0.717) is 0 Å². The van der Waals surface area contributed by atoms with Crippen LogP contribution < -0.4 is 20.8 Å². The van der Waals surface area contributed by atoms with Crippen molar-refractivity contribution in [1.29, 1.82) is 0 Å². The normalized spacial score (nSPS) is 16.9. The van der Waals surface area contributed by atoms with Crippen LogP contribution in [-0.4, -0.2) is 35.8 Å². The Morgan fingerprint density at radius 2 is 0.906 bits per heavy atom. The molecule has 2 aliphatic carbocycles. The van der Waals surface area contributed by atoms with Crippen LogP contribution in [0.15, 0.2) is 24.3 Å². The highest BCUT2D eigenvalue weighted by Gasteiger charge is 2.26. The number of benzene rings is 2. The molecule has 8 heteroatoms. The van der Waals surface area contributed by atoms with E-state index in [-0.39, 0.29) is 45.1 Å². The lowest BCUT2D eigenvalue weighted by molar-refractivity contribution is -0.256. The van der Waals surface area contributed by atoms with Crippen LogP contribution in [0.3, 0.4) is 0 Å². The lowest BCUT2D eigenvalue weighted by Crippen LogP contribution is -2.35. The molecule has 0 saturated heterocycles. The summed E-state index contributed by atoms with van der Waals surface area (Å²) in [5, 5.41) is 29.3. The molecular formula is C24H24N2O6-2. The van der Waals surface area contributed by atoms with Crippen LogP contribution in [0.25, 0.3) is 10.8 Å². The van der Waals surface area contributed by atoms with Gasteiger partial charge in [-0.15, -0.1) is 0 Å². The van der Waals surface area contributed by atoms with Gasteiger partial charge in [0.2, 0.25) is 0 Å². The van der Waals surface area contributed by atoms with E-state index in [4.69, 9.17) is 0 Å². The van der Waals surface area contributed by atoms with E-state index in [1.54, 1.807) is 0 Å². The highest BCUT2D eigenvalue weighted by Crippen LogP contribution is 2.31. The summed E-state index contributed by atoms with van der Waals surface area (Å²) in [7, 11) is 0. The van der Waals surface area contributed by atoms with E-state index in [9.17, 15) is 29.4 Å². The Balaban J connectivity index is 1.88. The van der Waals surface area contributed by atoms with E-state index < -0.39 is 23.8 Å².